The smallest absolute Gasteiger partial charge is 0.123 e. The lowest BCUT2D eigenvalue weighted by Crippen LogP contribution is -2.30. The first-order chi connectivity index (χ1) is 10.1. The molecule has 0 spiro atoms. The van der Waals surface area contributed by atoms with Gasteiger partial charge in [-0.15, -0.1) is 11.8 Å². The lowest BCUT2D eigenvalue weighted by atomic mass is 10.0. The van der Waals surface area contributed by atoms with Crippen LogP contribution >= 0.6 is 23.4 Å². The second-order valence-corrected chi connectivity index (χ2v) is 6.56. The zero-order valence-corrected chi connectivity index (χ0v) is 13.8. The Kier molecular flexibility index (Phi) is 6.09. The molecule has 1 unspecified atom stereocenters. The molecule has 1 atom stereocenters. The van der Waals surface area contributed by atoms with E-state index >= 15 is 0 Å². The van der Waals surface area contributed by atoms with Crippen LogP contribution < -0.4 is 5.32 Å². The summed E-state index contributed by atoms with van der Waals surface area (Å²) >= 11 is 7.77. The average Bonchev–Trinajstić information content (AvgIpc) is 2.45. The maximum atomic E-state index is 13.1. The number of nitrogens with one attached hydrogen (secondary N) is 1. The van der Waals surface area contributed by atoms with E-state index in [0.717, 1.165) is 22.8 Å². The van der Waals surface area contributed by atoms with Crippen LogP contribution in [0.5, 0.6) is 0 Å². The number of thioether (sulfide) groups is 1. The second-order valence-electron chi connectivity index (χ2n) is 5.03. The summed E-state index contributed by atoms with van der Waals surface area (Å²) in [7, 11) is 1.96. The van der Waals surface area contributed by atoms with Gasteiger partial charge in [0.25, 0.3) is 0 Å². The minimum atomic E-state index is -0.175. The Morgan fingerprint density at radius 3 is 2.71 bits per heavy atom. The molecule has 0 aliphatic rings. The Hall–Kier alpha value is -1.03. The average molecular weight is 324 g/mol. The molecule has 0 amide bonds. The molecule has 0 saturated heterocycles. The van der Waals surface area contributed by atoms with Gasteiger partial charge in [0.2, 0.25) is 0 Å². The quantitative estimate of drug-likeness (QED) is 0.773. The highest BCUT2D eigenvalue weighted by molar-refractivity contribution is 7.99. The molecule has 2 aromatic carbocycles. The molecule has 1 N–H and O–H groups in total. The molecule has 0 aliphatic heterocycles. The van der Waals surface area contributed by atoms with Gasteiger partial charge in [0.05, 0.1) is 0 Å². The van der Waals surface area contributed by atoms with Gasteiger partial charge in [-0.05, 0) is 61.9 Å². The predicted octanol–water partition coefficient (Wildman–Crippen LogP) is 4.71. The number of halogens is 2. The number of rotatable bonds is 6. The summed E-state index contributed by atoms with van der Waals surface area (Å²) in [6.45, 7) is 1.95. The van der Waals surface area contributed by atoms with Crippen molar-refractivity contribution < 1.29 is 4.39 Å². The number of hydrogen-bond donors (Lipinski definition) is 1. The Bertz CT molecular complexity index is 603. The fourth-order valence-corrected chi connectivity index (χ4v) is 3.47. The molecule has 4 heteroatoms. The highest BCUT2D eigenvalue weighted by atomic mass is 35.5. The van der Waals surface area contributed by atoms with E-state index in [2.05, 4.69) is 11.4 Å². The molecule has 2 aromatic rings. The first-order valence-electron chi connectivity index (χ1n) is 6.89. The summed E-state index contributed by atoms with van der Waals surface area (Å²) in [5.41, 5.74) is 2.19. The maximum absolute atomic E-state index is 13.1. The van der Waals surface area contributed by atoms with Crippen LogP contribution in [-0.2, 0) is 6.42 Å². The van der Waals surface area contributed by atoms with Crippen molar-refractivity contribution in [2.75, 3.05) is 12.8 Å². The van der Waals surface area contributed by atoms with Crippen molar-refractivity contribution in [1.82, 2.24) is 5.32 Å². The van der Waals surface area contributed by atoms with Crippen molar-refractivity contribution in [3.8, 4) is 0 Å². The summed E-state index contributed by atoms with van der Waals surface area (Å²) in [4.78, 5) is 1.17. The van der Waals surface area contributed by atoms with Crippen molar-refractivity contribution in [2.45, 2.75) is 24.3 Å². The van der Waals surface area contributed by atoms with Crippen molar-refractivity contribution in [3.05, 3.63) is 64.4 Å². The topological polar surface area (TPSA) is 12.0 Å². The molecule has 21 heavy (non-hydrogen) atoms. The Morgan fingerprint density at radius 2 is 2.05 bits per heavy atom. The molecule has 0 bridgehead atoms. The van der Waals surface area contributed by atoms with E-state index in [-0.39, 0.29) is 5.82 Å². The molecule has 0 saturated carbocycles. The van der Waals surface area contributed by atoms with Gasteiger partial charge in [-0.3, -0.25) is 0 Å². The fourth-order valence-electron chi connectivity index (χ4n) is 2.15. The van der Waals surface area contributed by atoms with Gasteiger partial charge < -0.3 is 5.32 Å². The second kappa shape index (κ2) is 7.83. The third-order valence-electron chi connectivity index (χ3n) is 3.43. The summed E-state index contributed by atoms with van der Waals surface area (Å²) in [5.74, 6) is 0.763. The summed E-state index contributed by atoms with van der Waals surface area (Å²) in [6, 6.07) is 13.2. The SMILES string of the molecule is CNC(CSc1cccc(Cl)c1)Cc1ccc(F)cc1C. The van der Waals surface area contributed by atoms with E-state index < -0.39 is 0 Å². The van der Waals surface area contributed by atoms with E-state index in [1.54, 1.807) is 17.8 Å². The van der Waals surface area contributed by atoms with Gasteiger partial charge in [0, 0.05) is 21.7 Å². The lowest BCUT2D eigenvalue weighted by molar-refractivity contribution is 0.607. The van der Waals surface area contributed by atoms with E-state index in [9.17, 15) is 4.39 Å². The number of likely N-dealkylation sites (N-methyl/N-ethyl adjacent to an activating group) is 1. The molecular weight excluding hydrogens is 305 g/mol. The van der Waals surface area contributed by atoms with Crippen molar-refractivity contribution in [2.24, 2.45) is 0 Å². The van der Waals surface area contributed by atoms with Crippen LogP contribution in [0.1, 0.15) is 11.1 Å². The minimum absolute atomic E-state index is 0.175. The van der Waals surface area contributed by atoms with E-state index in [0.29, 0.717) is 6.04 Å². The first kappa shape index (κ1) is 16.3. The molecule has 112 valence electrons. The summed E-state index contributed by atoms with van der Waals surface area (Å²) in [6.07, 6.45) is 0.885. The lowest BCUT2D eigenvalue weighted by Gasteiger charge is -2.17. The van der Waals surface area contributed by atoms with Crippen LogP contribution in [-0.4, -0.2) is 18.8 Å². The van der Waals surface area contributed by atoms with E-state index in [1.165, 1.54) is 16.5 Å². The van der Waals surface area contributed by atoms with Gasteiger partial charge in [-0.1, -0.05) is 23.7 Å². The largest absolute Gasteiger partial charge is 0.316 e. The maximum Gasteiger partial charge on any atom is 0.123 e. The predicted molar refractivity (Wildman–Crippen MR) is 89.9 cm³/mol. The minimum Gasteiger partial charge on any atom is -0.316 e. The molecule has 0 aliphatic carbocycles. The van der Waals surface area contributed by atoms with Gasteiger partial charge in [0.15, 0.2) is 0 Å². The molecule has 0 heterocycles. The number of benzene rings is 2. The first-order valence-corrected chi connectivity index (χ1v) is 8.25. The van der Waals surface area contributed by atoms with E-state index in [1.807, 2.05) is 38.2 Å². The molecule has 0 fully saturated rings. The standard InChI is InChI=1S/C17H19ClFNS/c1-12-8-15(19)7-6-13(12)9-16(20-2)11-21-17-5-3-4-14(18)10-17/h3-8,10,16,20H,9,11H2,1-2H3. The van der Waals surface area contributed by atoms with Crippen LogP contribution in [0.3, 0.4) is 0 Å². The zero-order valence-electron chi connectivity index (χ0n) is 12.2. The Labute approximate surface area is 134 Å². The number of aryl methyl sites for hydroxylation is 1. The molecular formula is C17H19ClFNS. The van der Waals surface area contributed by atoms with Gasteiger partial charge >= 0.3 is 0 Å². The third-order valence-corrected chi connectivity index (χ3v) is 4.82. The monoisotopic (exact) mass is 323 g/mol. The van der Waals surface area contributed by atoms with Gasteiger partial charge in [-0.25, -0.2) is 4.39 Å². The highest BCUT2D eigenvalue weighted by Gasteiger charge is 2.10. The Balaban J connectivity index is 1.97. The van der Waals surface area contributed by atoms with Crippen molar-refractivity contribution >= 4 is 23.4 Å². The summed E-state index contributed by atoms with van der Waals surface area (Å²) in [5, 5.41) is 4.09. The van der Waals surface area contributed by atoms with Crippen LogP contribution in [0, 0.1) is 12.7 Å². The van der Waals surface area contributed by atoms with Crippen LogP contribution in [0.25, 0.3) is 0 Å². The molecule has 0 aromatic heterocycles. The third kappa shape index (κ3) is 5.03. The normalized spacial score (nSPS) is 12.4. The molecule has 0 radical (unpaired) electrons. The zero-order chi connectivity index (χ0) is 15.2. The van der Waals surface area contributed by atoms with Gasteiger partial charge in [-0.2, -0.15) is 0 Å². The molecule has 2 rings (SSSR count). The highest BCUT2D eigenvalue weighted by Crippen LogP contribution is 2.23. The van der Waals surface area contributed by atoms with Crippen LogP contribution in [0.2, 0.25) is 5.02 Å². The molecule has 1 nitrogen and oxygen atoms in total. The van der Waals surface area contributed by atoms with E-state index in [4.69, 9.17) is 11.6 Å². The van der Waals surface area contributed by atoms with Crippen molar-refractivity contribution in [1.29, 1.82) is 0 Å². The van der Waals surface area contributed by atoms with Gasteiger partial charge in [0.1, 0.15) is 5.82 Å². The van der Waals surface area contributed by atoms with Crippen LogP contribution in [0.4, 0.5) is 4.39 Å². The van der Waals surface area contributed by atoms with Crippen molar-refractivity contribution in [3.63, 3.8) is 0 Å². The Morgan fingerprint density at radius 1 is 1.24 bits per heavy atom. The van der Waals surface area contributed by atoms with Crippen LogP contribution in [0.15, 0.2) is 47.4 Å². The number of hydrogen-bond acceptors (Lipinski definition) is 2. The summed E-state index contributed by atoms with van der Waals surface area (Å²) < 4.78 is 13.1. The fraction of sp³-hybridized carbons (Fsp3) is 0.294.